The van der Waals surface area contributed by atoms with Gasteiger partial charge in [-0.05, 0) is 6.42 Å². The maximum atomic E-state index is 10.6. The molecule has 0 aromatic heterocycles. The van der Waals surface area contributed by atoms with E-state index in [-0.39, 0.29) is 0 Å². The highest BCUT2D eigenvalue weighted by atomic mass is 31.1. The molecular weight excluding hydrogens is 251 g/mol. The third kappa shape index (κ3) is 16.0. The Morgan fingerprint density at radius 2 is 1.05 bits per heavy atom. The Kier molecular flexibility index (Phi) is 16.2. The van der Waals surface area contributed by atoms with E-state index in [1.807, 2.05) is 0 Å². The highest BCUT2D eigenvalue weighted by Gasteiger charge is 1.99. The van der Waals surface area contributed by atoms with Gasteiger partial charge in [0.1, 0.15) is 0 Å². The van der Waals surface area contributed by atoms with Gasteiger partial charge < -0.3 is 0 Å². The van der Waals surface area contributed by atoms with Gasteiger partial charge in [-0.2, -0.15) is 0 Å². The van der Waals surface area contributed by atoms with Gasteiger partial charge in [0.05, 0.1) is 0 Å². The first kappa shape index (κ1) is 19.1. The maximum absolute atomic E-state index is 10.6. The van der Waals surface area contributed by atoms with Crippen molar-refractivity contribution in [2.45, 2.75) is 109 Å². The van der Waals surface area contributed by atoms with Crippen molar-refractivity contribution in [1.29, 1.82) is 0 Å². The van der Waals surface area contributed by atoms with Crippen LogP contribution in [0, 0.1) is 0 Å². The van der Waals surface area contributed by atoms with Crippen LogP contribution in [0.4, 0.5) is 0 Å². The lowest BCUT2D eigenvalue weighted by atomic mass is 10.0. The summed E-state index contributed by atoms with van der Waals surface area (Å²) in [7, 11) is 0.326. The Labute approximate surface area is 123 Å². The minimum absolute atomic E-state index is 0.326. The average Bonchev–Trinajstić information content (AvgIpc) is 2.43. The van der Waals surface area contributed by atoms with Gasteiger partial charge in [0.15, 0.2) is 8.46 Å². The Hall–Kier alpha value is 0.100. The summed E-state index contributed by atoms with van der Waals surface area (Å²) in [4.78, 5) is 0. The maximum Gasteiger partial charge on any atom is 0.158 e. The zero-order valence-electron chi connectivity index (χ0n) is 13.3. The quantitative estimate of drug-likeness (QED) is 0.231. The van der Waals surface area contributed by atoms with Crippen LogP contribution in [0.3, 0.4) is 0 Å². The normalized spacial score (nSPS) is 12.9. The summed E-state index contributed by atoms with van der Waals surface area (Å²) in [6.45, 7) is 4.34. The van der Waals surface area contributed by atoms with Crippen molar-refractivity contribution in [2.24, 2.45) is 0 Å². The molecule has 0 saturated carbocycles. The minimum atomic E-state index is 0.326. The molecule has 0 aromatic carbocycles. The van der Waals surface area contributed by atoms with Crippen molar-refractivity contribution in [3.05, 3.63) is 0 Å². The first-order valence-electron chi connectivity index (χ1n) is 8.63. The van der Waals surface area contributed by atoms with Crippen LogP contribution in [-0.2, 0) is 4.57 Å². The summed E-state index contributed by atoms with van der Waals surface area (Å²) in [5, 5.41) is 0. The second-order valence-electron chi connectivity index (χ2n) is 5.99. The molecule has 2 heteroatoms. The van der Waals surface area contributed by atoms with Crippen LogP contribution in [0.15, 0.2) is 0 Å². The second-order valence-corrected chi connectivity index (χ2v) is 7.08. The lowest BCUT2D eigenvalue weighted by molar-refractivity contribution is 0.533. The standard InChI is InChI=1S/C17H35OP/c1-3-4-5-6-7-8-9-10-11-12-13-14-15-16-17(2)19-18/h17H,3-16H2,1-2H3. The molecule has 0 heterocycles. The van der Waals surface area contributed by atoms with E-state index >= 15 is 0 Å². The Balaban J connectivity index is 2.97. The molecule has 114 valence electrons. The zero-order valence-corrected chi connectivity index (χ0v) is 14.2. The molecule has 0 rings (SSSR count). The molecule has 1 unspecified atom stereocenters. The van der Waals surface area contributed by atoms with Crippen molar-refractivity contribution in [1.82, 2.24) is 0 Å². The molecule has 0 amide bonds. The highest BCUT2D eigenvalue weighted by Crippen LogP contribution is 2.16. The van der Waals surface area contributed by atoms with Crippen LogP contribution < -0.4 is 0 Å². The molecule has 0 aliphatic rings. The van der Waals surface area contributed by atoms with E-state index in [1.54, 1.807) is 0 Å². The molecule has 1 nitrogen and oxygen atoms in total. The summed E-state index contributed by atoms with van der Waals surface area (Å²) in [5.74, 6) is 0. The predicted octanol–water partition coefficient (Wildman–Crippen LogP) is 7.15. The van der Waals surface area contributed by atoms with E-state index in [1.165, 1.54) is 83.5 Å². The molecule has 1 atom stereocenters. The lowest BCUT2D eigenvalue weighted by Crippen LogP contribution is -1.90. The Morgan fingerprint density at radius 3 is 1.42 bits per heavy atom. The number of hydrogen-bond acceptors (Lipinski definition) is 1. The molecule has 0 N–H and O–H groups in total. The van der Waals surface area contributed by atoms with E-state index in [0.29, 0.717) is 14.1 Å². The van der Waals surface area contributed by atoms with Gasteiger partial charge in [-0.1, -0.05) is 97.3 Å². The molecule has 0 aliphatic carbocycles. The van der Waals surface area contributed by atoms with E-state index in [4.69, 9.17) is 0 Å². The van der Waals surface area contributed by atoms with Crippen molar-refractivity contribution in [3.63, 3.8) is 0 Å². The third-order valence-electron chi connectivity index (χ3n) is 3.91. The SMILES string of the molecule is CCCCCCCCCCCCCCCC(C)P=O. The van der Waals surface area contributed by atoms with Crippen LogP contribution in [0.1, 0.15) is 104 Å². The zero-order chi connectivity index (χ0) is 14.2. The van der Waals surface area contributed by atoms with Gasteiger partial charge in [-0.3, -0.25) is 4.57 Å². The van der Waals surface area contributed by atoms with Crippen LogP contribution in [-0.4, -0.2) is 5.66 Å². The Bertz CT molecular complexity index is 182. The summed E-state index contributed by atoms with van der Waals surface area (Å²) in [6, 6.07) is 0. The summed E-state index contributed by atoms with van der Waals surface area (Å²) in [5.41, 5.74) is 0.368. The number of rotatable bonds is 15. The van der Waals surface area contributed by atoms with Gasteiger partial charge >= 0.3 is 0 Å². The average molecular weight is 286 g/mol. The van der Waals surface area contributed by atoms with Crippen molar-refractivity contribution in [3.8, 4) is 0 Å². The predicted molar refractivity (Wildman–Crippen MR) is 87.4 cm³/mol. The Morgan fingerprint density at radius 1 is 0.684 bits per heavy atom. The summed E-state index contributed by atoms with van der Waals surface area (Å²) < 4.78 is 10.6. The smallest absolute Gasteiger partial charge is 0.158 e. The molecule has 0 aromatic rings. The van der Waals surface area contributed by atoms with Crippen molar-refractivity contribution in [2.75, 3.05) is 0 Å². The largest absolute Gasteiger partial charge is 0.275 e. The van der Waals surface area contributed by atoms with Gasteiger partial charge in [0.25, 0.3) is 0 Å². The molecule has 0 fully saturated rings. The van der Waals surface area contributed by atoms with Crippen LogP contribution in [0.2, 0.25) is 0 Å². The topological polar surface area (TPSA) is 17.1 Å². The minimum Gasteiger partial charge on any atom is -0.275 e. The van der Waals surface area contributed by atoms with Gasteiger partial charge in [0.2, 0.25) is 0 Å². The molecule has 0 bridgehead atoms. The third-order valence-corrected chi connectivity index (χ3v) is 4.52. The molecular formula is C17H35OP. The first-order chi connectivity index (χ1) is 9.31. The first-order valence-corrected chi connectivity index (χ1v) is 9.52. The lowest BCUT2D eigenvalue weighted by Gasteiger charge is -2.04. The van der Waals surface area contributed by atoms with Crippen LogP contribution in [0.5, 0.6) is 0 Å². The fourth-order valence-corrected chi connectivity index (χ4v) is 2.80. The summed E-state index contributed by atoms with van der Waals surface area (Å²) in [6.07, 6.45) is 19.4. The second kappa shape index (κ2) is 16.2. The van der Waals surface area contributed by atoms with Crippen LogP contribution >= 0.6 is 8.46 Å². The molecule has 0 spiro atoms. The van der Waals surface area contributed by atoms with E-state index < -0.39 is 0 Å². The fourth-order valence-electron chi connectivity index (χ4n) is 2.51. The fraction of sp³-hybridized carbons (Fsp3) is 1.00. The number of hydrogen-bond donors (Lipinski definition) is 0. The number of unbranched alkanes of at least 4 members (excludes halogenated alkanes) is 12. The highest BCUT2D eigenvalue weighted by molar-refractivity contribution is 7.24. The van der Waals surface area contributed by atoms with Crippen LogP contribution in [0.25, 0.3) is 0 Å². The van der Waals surface area contributed by atoms with E-state index in [2.05, 4.69) is 13.8 Å². The van der Waals surface area contributed by atoms with Crippen molar-refractivity contribution >= 4 is 8.46 Å². The molecule has 19 heavy (non-hydrogen) atoms. The van der Waals surface area contributed by atoms with Gasteiger partial charge in [-0.15, -0.1) is 0 Å². The van der Waals surface area contributed by atoms with Gasteiger partial charge in [-0.25, -0.2) is 0 Å². The molecule has 0 aliphatic heterocycles. The molecule has 0 radical (unpaired) electrons. The van der Waals surface area contributed by atoms with Gasteiger partial charge in [0, 0.05) is 5.66 Å². The summed E-state index contributed by atoms with van der Waals surface area (Å²) >= 11 is 0. The monoisotopic (exact) mass is 286 g/mol. The molecule has 0 saturated heterocycles. The van der Waals surface area contributed by atoms with E-state index in [0.717, 1.165) is 6.42 Å². The van der Waals surface area contributed by atoms with E-state index in [9.17, 15) is 4.57 Å². The van der Waals surface area contributed by atoms with Crippen molar-refractivity contribution < 1.29 is 4.57 Å².